The summed E-state index contributed by atoms with van der Waals surface area (Å²) < 4.78 is 72.6. The van der Waals surface area contributed by atoms with Crippen LogP contribution in [-0.2, 0) is 12.4 Å². The molecule has 0 unspecified atom stereocenters. The van der Waals surface area contributed by atoms with Crippen LogP contribution in [0.25, 0.3) is 0 Å². The number of hydrogen-bond donors (Lipinski definition) is 0. The third-order valence-electron chi connectivity index (χ3n) is 1.55. The van der Waals surface area contributed by atoms with Crippen LogP contribution in [0, 0.1) is 0 Å². The maximum absolute atomic E-state index is 12.1. The molecule has 8 heteroatoms. The van der Waals surface area contributed by atoms with Gasteiger partial charge in [0.25, 0.3) is 0 Å². The average Bonchev–Trinajstić information content (AvgIpc) is 1.99. The molecule has 0 spiro atoms. The van der Waals surface area contributed by atoms with Crippen LogP contribution >= 0.6 is 15.9 Å². The summed E-state index contributed by atoms with van der Waals surface area (Å²) in [7, 11) is 0. The van der Waals surface area contributed by atoms with E-state index in [9.17, 15) is 26.3 Å². The predicted molar refractivity (Wildman–Crippen MR) is 52.1 cm³/mol. The first-order chi connectivity index (χ1) is 6.60. The topological polar surface area (TPSA) is 0 Å². The predicted octanol–water partition coefficient (Wildman–Crippen LogP) is 4.33. The maximum Gasteiger partial charge on any atom is 2.00 e. The molecule has 0 saturated heterocycles. The Hall–Kier alpha value is 0.0462. The molecule has 0 aliphatic carbocycles. The molecule has 0 aliphatic rings. The molecular formula is C8H5BrF6Mg. The van der Waals surface area contributed by atoms with Crippen LogP contribution in [0.15, 0.2) is 22.7 Å². The zero-order chi connectivity index (χ0) is 11.9. The van der Waals surface area contributed by atoms with E-state index in [0.717, 1.165) is 0 Å². The zero-order valence-electron chi connectivity index (χ0n) is 9.58. The molecule has 16 heavy (non-hydrogen) atoms. The molecule has 0 radical (unpaired) electrons. The quantitative estimate of drug-likeness (QED) is 0.493. The summed E-state index contributed by atoms with van der Waals surface area (Å²) in [6, 6.07) is 1.26. The molecule has 0 atom stereocenters. The monoisotopic (exact) mass is 318 g/mol. The molecule has 1 aromatic carbocycles. The summed E-state index contributed by atoms with van der Waals surface area (Å²) in [6.45, 7) is 0. The van der Waals surface area contributed by atoms with Crippen molar-refractivity contribution < 1.29 is 29.2 Å². The molecule has 0 amide bonds. The normalized spacial score (nSPS) is 12.2. The van der Waals surface area contributed by atoms with Crippen LogP contribution in [0.4, 0.5) is 26.3 Å². The maximum atomic E-state index is 12.1. The number of halogens is 7. The minimum atomic E-state index is -4.79. The second-order valence-corrected chi connectivity index (χ2v) is 3.64. The van der Waals surface area contributed by atoms with Gasteiger partial charge in [-0.1, -0.05) is 15.9 Å². The van der Waals surface area contributed by atoms with Gasteiger partial charge in [-0.3, -0.25) is 0 Å². The second kappa shape index (κ2) is 5.13. The minimum absolute atomic E-state index is 0. The third kappa shape index (κ3) is 4.13. The SMILES string of the molecule is FC(F)(F)c1cc(Br)cc(C(F)(F)F)c1.[H-].[H-].[Mg+2]. The van der Waals surface area contributed by atoms with Gasteiger partial charge in [-0.2, -0.15) is 26.3 Å². The first-order valence-corrected chi connectivity index (χ1v) is 4.35. The van der Waals surface area contributed by atoms with Gasteiger partial charge >= 0.3 is 35.4 Å². The molecule has 0 N–H and O–H groups in total. The number of benzene rings is 1. The summed E-state index contributed by atoms with van der Waals surface area (Å²) in [5.74, 6) is 0. The molecular weight excluding hydrogens is 314 g/mol. The van der Waals surface area contributed by atoms with Crippen LogP contribution in [0.3, 0.4) is 0 Å². The Morgan fingerprint density at radius 1 is 0.812 bits per heavy atom. The standard InChI is InChI=1S/C8H3BrF6.Mg.2H/c9-6-2-4(7(10,11)12)1-5(3-6)8(13,14)15;;;/h1-3H;;;/q;+2;2*-1. The fourth-order valence-electron chi connectivity index (χ4n) is 0.917. The van der Waals surface area contributed by atoms with E-state index in [2.05, 4.69) is 15.9 Å². The Morgan fingerprint density at radius 2 is 1.12 bits per heavy atom. The van der Waals surface area contributed by atoms with E-state index in [1.807, 2.05) is 0 Å². The summed E-state index contributed by atoms with van der Waals surface area (Å²) >= 11 is 2.60. The van der Waals surface area contributed by atoms with Crippen LogP contribution in [0.1, 0.15) is 14.0 Å². The molecule has 0 heterocycles. The van der Waals surface area contributed by atoms with E-state index in [1.54, 1.807) is 0 Å². The molecule has 0 aliphatic heterocycles. The van der Waals surface area contributed by atoms with Crippen molar-refractivity contribution in [3.8, 4) is 0 Å². The summed E-state index contributed by atoms with van der Waals surface area (Å²) in [6.07, 6.45) is -9.58. The molecule has 0 aromatic heterocycles. The van der Waals surface area contributed by atoms with Gasteiger partial charge in [0.1, 0.15) is 0 Å². The van der Waals surface area contributed by atoms with Gasteiger partial charge in [0.05, 0.1) is 11.1 Å². The van der Waals surface area contributed by atoms with Crippen molar-refractivity contribution in [2.75, 3.05) is 0 Å². The van der Waals surface area contributed by atoms with Gasteiger partial charge < -0.3 is 2.85 Å². The Labute approximate surface area is 114 Å². The Kier molecular flexibility index (Phi) is 5.15. The number of alkyl halides is 6. The first kappa shape index (κ1) is 16.0. The van der Waals surface area contributed by atoms with E-state index in [0.29, 0.717) is 12.1 Å². The van der Waals surface area contributed by atoms with Gasteiger partial charge in [0.15, 0.2) is 0 Å². The molecule has 0 saturated carbocycles. The van der Waals surface area contributed by atoms with E-state index in [-0.39, 0.29) is 36.4 Å². The Balaban J connectivity index is -0.000000750. The fraction of sp³-hybridized carbons (Fsp3) is 0.250. The van der Waals surface area contributed by atoms with Crippen molar-refractivity contribution >= 4 is 39.0 Å². The van der Waals surface area contributed by atoms with Crippen molar-refractivity contribution in [2.45, 2.75) is 12.4 Å². The largest absolute Gasteiger partial charge is 2.00 e. The average molecular weight is 319 g/mol. The van der Waals surface area contributed by atoms with Crippen LogP contribution < -0.4 is 0 Å². The third-order valence-corrected chi connectivity index (χ3v) is 2.01. The van der Waals surface area contributed by atoms with Gasteiger partial charge in [0, 0.05) is 4.47 Å². The minimum Gasteiger partial charge on any atom is -1.00 e. The summed E-state index contributed by atoms with van der Waals surface area (Å²) in [5, 5.41) is 0. The van der Waals surface area contributed by atoms with E-state index < -0.39 is 23.5 Å². The van der Waals surface area contributed by atoms with Crippen molar-refractivity contribution in [1.82, 2.24) is 0 Å². The van der Waals surface area contributed by atoms with Crippen molar-refractivity contribution in [3.05, 3.63) is 33.8 Å². The molecule has 0 nitrogen and oxygen atoms in total. The number of hydrogen-bond acceptors (Lipinski definition) is 0. The van der Waals surface area contributed by atoms with Crippen molar-refractivity contribution in [3.63, 3.8) is 0 Å². The molecule has 1 aromatic rings. The molecule has 88 valence electrons. The smallest absolute Gasteiger partial charge is 1.00 e. The summed E-state index contributed by atoms with van der Waals surface area (Å²) in [5.41, 5.74) is -2.66. The number of rotatable bonds is 0. The van der Waals surface area contributed by atoms with E-state index >= 15 is 0 Å². The van der Waals surface area contributed by atoms with Gasteiger partial charge in [-0.25, -0.2) is 0 Å². The fourth-order valence-corrected chi connectivity index (χ4v) is 1.41. The van der Waals surface area contributed by atoms with Gasteiger partial charge in [-0.05, 0) is 18.2 Å². The Bertz CT molecular complexity index is 347. The van der Waals surface area contributed by atoms with Crippen LogP contribution in [-0.4, -0.2) is 23.1 Å². The van der Waals surface area contributed by atoms with E-state index in [4.69, 9.17) is 0 Å². The van der Waals surface area contributed by atoms with E-state index in [1.165, 1.54) is 0 Å². The molecule has 0 fully saturated rings. The van der Waals surface area contributed by atoms with Crippen LogP contribution in [0.5, 0.6) is 0 Å². The molecule has 1 rings (SSSR count). The van der Waals surface area contributed by atoms with Gasteiger partial charge in [-0.15, -0.1) is 0 Å². The van der Waals surface area contributed by atoms with Crippen molar-refractivity contribution in [1.29, 1.82) is 0 Å². The first-order valence-electron chi connectivity index (χ1n) is 3.55. The second-order valence-electron chi connectivity index (χ2n) is 2.72. The van der Waals surface area contributed by atoms with Crippen LogP contribution in [0.2, 0.25) is 0 Å². The zero-order valence-corrected chi connectivity index (χ0v) is 10.6. The van der Waals surface area contributed by atoms with Crippen molar-refractivity contribution in [2.24, 2.45) is 0 Å². The Morgan fingerprint density at radius 3 is 1.38 bits per heavy atom. The molecule has 0 bridgehead atoms. The van der Waals surface area contributed by atoms with Gasteiger partial charge in [0.2, 0.25) is 0 Å². The summed E-state index contributed by atoms with van der Waals surface area (Å²) in [4.78, 5) is 0.